The number of nitrogens with one attached hydrogen (secondary N) is 1. The molecule has 1 amide bonds. The third-order valence-electron chi connectivity index (χ3n) is 3.48. The van der Waals surface area contributed by atoms with Gasteiger partial charge in [0.15, 0.2) is 0 Å². The molecule has 0 aliphatic heterocycles. The lowest BCUT2D eigenvalue weighted by atomic mass is 9.93. The quantitative estimate of drug-likeness (QED) is 0.611. The first-order chi connectivity index (χ1) is 9.40. The van der Waals surface area contributed by atoms with Crippen LogP contribution < -0.4 is 5.32 Å². The molecule has 0 fully saturated rings. The SMILES string of the molecule is CCCC(CCC)C(=O)NCC(CC(=O)O)CC(C)C. The predicted molar refractivity (Wildman–Crippen MR) is 81.5 cm³/mol. The molecule has 0 saturated carbocycles. The van der Waals surface area contributed by atoms with E-state index in [-0.39, 0.29) is 24.2 Å². The Bertz CT molecular complexity index is 283. The Hall–Kier alpha value is -1.06. The van der Waals surface area contributed by atoms with Crippen LogP contribution in [0.15, 0.2) is 0 Å². The minimum atomic E-state index is -0.788. The van der Waals surface area contributed by atoms with Gasteiger partial charge in [0.1, 0.15) is 0 Å². The number of carbonyl (C=O) groups excluding carboxylic acids is 1. The third kappa shape index (κ3) is 8.94. The molecule has 0 aromatic heterocycles. The summed E-state index contributed by atoms with van der Waals surface area (Å²) in [5.74, 6) is -0.148. The number of aliphatic carboxylic acids is 1. The van der Waals surface area contributed by atoms with Crippen molar-refractivity contribution in [3.05, 3.63) is 0 Å². The van der Waals surface area contributed by atoms with Crippen molar-refractivity contribution < 1.29 is 14.7 Å². The van der Waals surface area contributed by atoms with Gasteiger partial charge in [-0.05, 0) is 31.1 Å². The van der Waals surface area contributed by atoms with Crippen LogP contribution in [0.2, 0.25) is 0 Å². The number of amides is 1. The predicted octanol–water partition coefficient (Wildman–Crippen LogP) is 3.46. The van der Waals surface area contributed by atoms with Crippen molar-refractivity contribution >= 4 is 11.9 Å². The summed E-state index contributed by atoms with van der Waals surface area (Å²) in [5.41, 5.74) is 0. The highest BCUT2D eigenvalue weighted by molar-refractivity contribution is 5.78. The lowest BCUT2D eigenvalue weighted by Crippen LogP contribution is -2.35. The Kier molecular flexibility index (Phi) is 10.1. The summed E-state index contributed by atoms with van der Waals surface area (Å²) in [5, 5.41) is 11.9. The minimum Gasteiger partial charge on any atom is -0.481 e. The Morgan fingerprint density at radius 2 is 1.65 bits per heavy atom. The lowest BCUT2D eigenvalue weighted by molar-refractivity contribution is -0.138. The molecule has 0 radical (unpaired) electrons. The van der Waals surface area contributed by atoms with Gasteiger partial charge in [-0.1, -0.05) is 40.5 Å². The van der Waals surface area contributed by atoms with Gasteiger partial charge in [-0.15, -0.1) is 0 Å². The number of carbonyl (C=O) groups is 2. The van der Waals surface area contributed by atoms with Crippen molar-refractivity contribution in [1.82, 2.24) is 5.32 Å². The molecule has 1 unspecified atom stereocenters. The summed E-state index contributed by atoms with van der Waals surface area (Å²) in [6.45, 7) is 8.80. The van der Waals surface area contributed by atoms with Crippen molar-refractivity contribution in [1.29, 1.82) is 0 Å². The van der Waals surface area contributed by atoms with Gasteiger partial charge < -0.3 is 10.4 Å². The maximum absolute atomic E-state index is 12.1. The maximum Gasteiger partial charge on any atom is 0.303 e. The molecule has 1 atom stereocenters. The van der Waals surface area contributed by atoms with E-state index in [1.54, 1.807) is 0 Å². The van der Waals surface area contributed by atoms with Crippen molar-refractivity contribution in [2.75, 3.05) is 6.54 Å². The standard InChI is InChI=1S/C16H31NO3/c1-5-7-14(8-6-2)16(20)17-11-13(9-12(3)4)10-15(18)19/h12-14H,5-11H2,1-4H3,(H,17,20)(H,18,19). The molecule has 4 nitrogen and oxygen atoms in total. The molecule has 0 aliphatic rings. The van der Waals surface area contributed by atoms with Gasteiger partial charge in [0.05, 0.1) is 0 Å². The van der Waals surface area contributed by atoms with Crippen LogP contribution >= 0.6 is 0 Å². The largest absolute Gasteiger partial charge is 0.481 e. The van der Waals surface area contributed by atoms with E-state index >= 15 is 0 Å². The Morgan fingerprint density at radius 3 is 2.05 bits per heavy atom. The highest BCUT2D eigenvalue weighted by Gasteiger charge is 2.20. The van der Waals surface area contributed by atoms with Crippen LogP contribution in [0.4, 0.5) is 0 Å². The number of carboxylic acids is 1. The Balaban J connectivity index is 4.35. The molecule has 118 valence electrons. The lowest BCUT2D eigenvalue weighted by Gasteiger charge is -2.20. The van der Waals surface area contributed by atoms with E-state index < -0.39 is 5.97 Å². The molecule has 0 spiro atoms. The van der Waals surface area contributed by atoms with Gasteiger partial charge >= 0.3 is 5.97 Å². The monoisotopic (exact) mass is 285 g/mol. The molecule has 0 aliphatic carbocycles. The first kappa shape index (κ1) is 18.9. The van der Waals surface area contributed by atoms with E-state index in [0.717, 1.165) is 32.1 Å². The van der Waals surface area contributed by atoms with Crippen LogP contribution in [0.1, 0.15) is 66.2 Å². The molecule has 0 heterocycles. The van der Waals surface area contributed by atoms with Crippen LogP contribution in [0, 0.1) is 17.8 Å². The highest BCUT2D eigenvalue weighted by atomic mass is 16.4. The molecule has 0 bridgehead atoms. The summed E-state index contributed by atoms with van der Waals surface area (Å²) in [6, 6.07) is 0. The average Bonchev–Trinajstić information content (AvgIpc) is 2.34. The molecule has 0 saturated heterocycles. The normalized spacial score (nSPS) is 12.7. The van der Waals surface area contributed by atoms with Gasteiger partial charge in [0.2, 0.25) is 5.91 Å². The maximum atomic E-state index is 12.1. The van der Waals surface area contributed by atoms with Gasteiger partial charge in [0, 0.05) is 18.9 Å². The van der Waals surface area contributed by atoms with Gasteiger partial charge in [0.25, 0.3) is 0 Å². The fraction of sp³-hybridized carbons (Fsp3) is 0.875. The summed E-state index contributed by atoms with van der Waals surface area (Å²) >= 11 is 0. The second-order valence-electron chi connectivity index (χ2n) is 6.11. The zero-order valence-electron chi connectivity index (χ0n) is 13.4. The minimum absolute atomic E-state index is 0.0281. The van der Waals surface area contributed by atoms with Gasteiger partial charge in [-0.3, -0.25) is 9.59 Å². The molecule has 0 rings (SSSR count). The van der Waals surface area contributed by atoms with E-state index in [2.05, 4.69) is 33.0 Å². The first-order valence-corrected chi connectivity index (χ1v) is 7.90. The molecule has 2 N–H and O–H groups in total. The number of hydrogen-bond donors (Lipinski definition) is 2. The van der Waals surface area contributed by atoms with Crippen LogP contribution in [0.3, 0.4) is 0 Å². The second kappa shape index (κ2) is 10.7. The van der Waals surface area contributed by atoms with Crippen LogP contribution in [-0.2, 0) is 9.59 Å². The van der Waals surface area contributed by atoms with Gasteiger partial charge in [-0.2, -0.15) is 0 Å². The smallest absolute Gasteiger partial charge is 0.303 e. The van der Waals surface area contributed by atoms with E-state index in [4.69, 9.17) is 5.11 Å². The van der Waals surface area contributed by atoms with Crippen molar-refractivity contribution in [2.45, 2.75) is 66.2 Å². The molecular weight excluding hydrogens is 254 g/mol. The molecule has 0 aromatic carbocycles. The molecule has 20 heavy (non-hydrogen) atoms. The number of rotatable bonds is 11. The zero-order valence-corrected chi connectivity index (χ0v) is 13.4. The summed E-state index contributed by atoms with van der Waals surface area (Å²) < 4.78 is 0. The fourth-order valence-electron chi connectivity index (χ4n) is 2.65. The van der Waals surface area contributed by atoms with E-state index in [9.17, 15) is 9.59 Å². The topological polar surface area (TPSA) is 66.4 Å². The second-order valence-corrected chi connectivity index (χ2v) is 6.11. The van der Waals surface area contributed by atoms with Crippen LogP contribution in [0.5, 0.6) is 0 Å². The van der Waals surface area contributed by atoms with Crippen molar-refractivity contribution in [2.24, 2.45) is 17.8 Å². The Labute approximate surface area is 123 Å². The van der Waals surface area contributed by atoms with E-state index in [1.807, 2.05) is 0 Å². The summed E-state index contributed by atoms with van der Waals surface area (Å²) in [6.07, 6.45) is 4.79. The Morgan fingerprint density at radius 1 is 1.10 bits per heavy atom. The highest BCUT2D eigenvalue weighted by Crippen LogP contribution is 2.17. The van der Waals surface area contributed by atoms with E-state index in [0.29, 0.717) is 12.5 Å². The first-order valence-electron chi connectivity index (χ1n) is 7.90. The fourth-order valence-corrected chi connectivity index (χ4v) is 2.65. The van der Waals surface area contributed by atoms with E-state index in [1.165, 1.54) is 0 Å². The van der Waals surface area contributed by atoms with Crippen molar-refractivity contribution in [3.63, 3.8) is 0 Å². The third-order valence-corrected chi connectivity index (χ3v) is 3.48. The zero-order chi connectivity index (χ0) is 15.5. The average molecular weight is 285 g/mol. The van der Waals surface area contributed by atoms with Gasteiger partial charge in [-0.25, -0.2) is 0 Å². The molecule has 0 aromatic rings. The molecule has 4 heteroatoms. The summed E-state index contributed by atoms with van der Waals surface area (Å²) in [4.78, 5) is 23.0. The molecular formula is C16H31NO3. The van der Waals surface area contributed by atoms with Crippen molar-refractivity contribution in [3.8, 4) is 0 Å². The summed E-state index contributed by atoms with van der Waals surface area (Å²) in [7, 11) is 0. The number of hydrogen-bond acceptors (Lipinski definition) is 2. The number of carboxylic acid groups (broad SMARTS) is 1. The van der Waals surface area contributed by atoms with Crippen LogP contribution in [0.25, 0.3) is 0 Å². The van der Waals surface area contributed by atoms with Crippen LogP contribution in [-0.4, -0.2) is 23.5 Å².